The van der Waals surface area contributed by atoms with Crippen molar-refractivity contribution < 1.29 is 14.2 Å². The van der Waals surface area contributed by atoms with Crippen LogP contribution in [-0.2, 0) is 9.13 Å². The van der Waals surface area contributed by atoms with Crippen LogP contribution < -0.4 is 0 Å². The third-order valence-corrected chi connectivity index (χ3v) is 0.848. The third-order valence-electron chi connectivity index (χ3n) is 0.283. The van der Waals surface area contributed by atoms with E-state index in [9.17, 15) is 9.13 Å². The summed E-state index contributed by atoms with van der Waals surface area (Å²) in [6, 6.07) is 0. The summed E-state index contributed by atoms with van der Waals surface area (Å²) in [6.45, 7) is -0.265. The van der Waals surface area contributed by atoms with Gasteiger partial charge in [0.15, 0.2) is 0 Å². The van der Waals surface area contributed by atoms with Gasteiger partial charge in [0, 0.05) is 0 Å². The number of aliphatic hydroxyl groups excluding tert-OH is 1. The fourth-order valence-electron chi connectivity index (χ4n) is 0.0816. The number of hydrogen-bond donors (Lipinski definition) is 1. The minimum absolute atomic E-state index is 0.116. The van der Waals surface area contributed by atoms with Gasteiger partial charge in [-0.2, -0.15) is 0 Å². The van der Waals surface area contributed by atoms with Crippen LogP contribution >= 0.6 is 7.68 Å². The highest BCUT2D eigenvalue weighted by Crippen LogP contribution is 1.97. The Labute approximate surface area is 35.8 Å². The summed E-state index contributed by atoms with van der Waals surface area (Å²) < 4.78 is 19.0. The zero-order valence-electron chi connectivity index (χ0n) is 3.13. The summed E-state index contributed by atoms with van der Waals surface area (Å²) in [4.78, 5) is 0. The van der Waals surface area contributed by atoms with Gasteiger partial charge < -0.3 is 5.11 Å². The molecule has 0 saturated carbocycles. The summed E-state index contributed by atoms with van der Waals surface area (Å²) in [6.07, 6.45) is -0.116. The molecule has 0 heterocycles. The lowest BCUT2D eigenvalue weighted by atomic mass is 10.9. The fraction of sp³-hybridized carbons (Fsp3) is 1.00. The van der Waals surface area contributed by atoms with E-state index in [0.717, 1.165) is 0 Å². The molecule has 0 unspecified atom stereocenters. The molecule has 0 aliphatic heterocycles. The van der Waals surface area contributed by atoms with Gasteiger partial charge in [-0.3, -0.25) is 0 Å². The second-order valence-corrected chi connectivity index (χ2v) is 1.89. The van der Waals surface area contributed by atoms with Gasteiger partial charge in [0.2, 0.25) is 0 Å². The van der Waals surface area contributed by atoms with Crippen molar-refractivity contribution in [2.45, 2.75) is 0 Å². The van der Waals surface area contributed by atoms with Gasteiger partial charge in [-0.25, -0.2) is 9.13 Å². The second-order valence-electron chi connectivity index (χ2n) is 0.780. The molecule has 0 aromatic carbocycles. The summed E-state index contributed by atoms with van der Waals surface area (Å²) in [5.41, 5.74) is 0. The third kappa shape index (κ3) is 3.86. The van der Waals surface area contributed by atoms with Crippen LogP contribution in [0, 0.1) is 0 Å². The van der Waals surface area contributed by atoms with Crippen LogP contribution in [0.15, 0.2) is 0 Å². The quantitative estimate of drug-likeness (QED) is 0.512. The van der Waals surface area contributed by atoms with E-state index in [0.29, 0.717) is 0 Å². The molecule has 0 aliphatic rings. The molecule has 0 rings (SSSR count). The van der Waals surface area contributed by atoms with E-state index in [1.807, 2.05) is 0 Å². The standard InChI is InChI=1S/C2H5O3P/c3-1-2-6(4)5/h3H,1-2H2. The molecule has 0 bridgehead atoms. The molecule has 0 aromatic rings. The first-order chi connectivity index (χ1) is 2.77. The first-order valence-electron chi connectivity index (χ1n) is 1.50. The van der Waals surface area contributed by atoms with Crippen LogP contribution in [0.2, 0.25) is 0 Å². The van der Waals surface area contributed by atoms with E-state index >= 15 is 0 Å². The summed E-state index contributed by atoms with van der Waals surface area (Å²) in [7, 11) is -2.35. The van der Waals surface area contributed by atoms with Crippen molar-refractivity contribution in [3.05, 3.63) is 0 Å². The smallest absolute Gasteiger partial charge is 0.318 e. The SMILES string of the molecule is O=P(=O)CCO. The van der Waals surface area contributed by atoms with Crippen molar-refractivity contribution in [3.8, 4) is 0 Å². The Morgan fingerprint density at radius 2 is 2.00 bits per heavy atom. The van der Waals surface area contributed by atoms with Gasteiger partial charge in [0.25, 0.3) is 0 Å². The Morgan fingerprint density at radius 1 is 1.50 bits per heavy atom. The maximum atomic E-state index is 9.48. The van der Waals surface area contributed by atoms with Crippen LogP contribution in [0.25, 0.3) is 0 Å². The highest BCUT2D eigenvalue weighted by atomic mass is 31.1. The predicted molar refractivity (Wildman–Crippen MR) is 20.2 cm³/mol. The molecule has 0 aliphatic carbocycles. The predicted octanol–water partition coefficient (Wildman–Crippen LogP) is 0.152. The molecule has 6 heavy (non-hydrogen) atoms. The maximum Gasteiger partial charge on any atom is 0.318 e. The van der Waals surface area contributed by atoms with E-state index in [1.165, 1.54) is 0 Å². The fourth-order valence-corrected chi connectivity index (χ4v) is 0.245. The van der Waals surface area contributed by atoms with E-state index in [-0.39, 0.29) is 12.8 Å². The molecule has 0 aromatic heterocycles. The Morgan fingerprint density at radius 3 is 2.00 bits per heavy atom. The highest BCUT2D eigenvalue weighted by Gasteiger charge is 1.82. The van der Waals surface area contributed by atoms with Crippen LogP contribution in [-0.4, -0.2) is 17.9 Å². The molecule has 4 heteroatoms. The van der Waals surface area contributed by atoms with Gasteiger partial charge in [0.1, 0.15) is 0 Å². The zero-order valence-corrected chi connectivity index (χ0v) is 4.02. The van der Waals surface area contributed by atoms with Crippen molar-refractivity contribution in [2.75, 3.05) is 12.8 Å². The lowest BCUT2D eigenvalue weighted by Gasteiger charge is -1.69. The second kappa shape index (κ2) is 3.07. The van der Waals surface area contributed by atoms with Crippen LogP contribution in [0.3, 0.4) is 0 Å². The highest BCUT2D eigenvalue weighted by molar-refractivity contribution is 7.30. The van der Waals surface area contributed by atoms with Crippen molar-refractivity contribution in [1.29, 1.82) is 0 Å². The van der Waals surface area contributed by atoms with Crippen LogP contribution in [0.5, 0.6) is 0 Å². The normalized spacial score (nSPS) is 8.17. The van der Waals surface area contributed by atoms with Crippen molar-refractivity contribution in [3.63, 3.8) is 0 Å². The van der Waals surface area contributed by atoms with Crippen molar-refractivity contribution in [1.82, 2.24) is 0 Å². The molecule has 0 spiro atoms. The van der Waals surface area contributed by atoms with Gasteiger partial charge in [-0.1, -0.05) is 0 Å². The first kappa shape index (κ1) is 5.86. The summed E-state index contributed by atoms with van der Waals surface area (Å²) in [5, 5.41) is 7.85. The molecular formula is C2H5O3P. The lowest BCUT2D eigenvalue weighted by molar-refractivity contribution is 0.318. The monoisotopic (exact) mass is 108 g/mol. The van der Waals surface area contributed by atoms with Crippen molar-refractivity contribution in [2.24, 2.45) is 0 Å². The number of aliphatic hydroxyl groups is 1. The average molecular weight is 108 g/mol. The molecule has 0 amide bonds. The van der Waals surface area contributed by atoms with Gasteiger partial charge in [0.05, 0.1) is 12.8 Å². The Hall–Kier alpha value is -0.140. The molecule has 36 valence electrons. The molecule has 0 radical (unpaired) electrons. The Kier molecular flexibility index (Phi) is 2.99. The number of hydrogen-bond acceptors (Lipinski definition) is 3. The average Bonchev–Trinajstić information content (AvgIpc) is 1.35. The van der Waals surface area contributed by atoms with Gasteiger partial charge in [-0.15, -0.1) is 0 Å². The maximum absolute atomic E-state index is 9.48. The zero-order chi connectivity index (χ0) is 4.99. The lowest BCUT2D eigenvalue weighted by Crippen LogP contribution is -1.79. The summed E-state index contributed by atoms with van der Waals surface area (Å²) in [5.74, 6) is 0. The van der Waals surface area contributed by atoms with E-state index < -0.39 is 7.68 Å². The van der Waals surface area contributed by atoms with Gasteiger partial charge in [-0.05, 0) is 0 Å². The molecule has 3 nitrogen and oxygen atoms in total. The minimum atomic E-state index is -2.35. The van der Waals surface area contributed by atoms with E-state index in [4.69, 9.17) is 5.11 Å². The topological polar surface area (TPSA) is 54.4 Å². The molecule has 1 N–H and O–H groups in total. The minimum Gasteiger partial charge on any atom is -0.395 e. The molecule has 0 fully saturated rings. The first-order valence-corrected chi connectivity index (χ1v) is 2.86. The van der Waals surface area contributed by atoms with Crippen LogP contribution in [0.1, 0.15) is 0 Å². The largest absolute Gasteiger partial charge is 0.395 e. The number of rotatable bonds is 2. The Balaban J connectivity index is 3.07. The van der Waals surface area contributed by atoms with E-state index in [2.05, 4.69) is 0 Å². The molecule has 0 atom stereocenters. The molecule has 0 saturated heterocycles. The summed E-state index contributed by atoms with van der Waals surface area (Å²) >= 11 is 0. The van der Waals surface area contributed by atoms with E-state index in [1.54, 1.807) is 0 Å². The Bertz CT molecular complexity index is 76.8. The van der Waals surface area contributed by atoms with Crippen molar-refractivity contribution >= 4 is 7.68 Å². The van der Waals surface area contributed by atoms with Gasteiger partial charge >= 0.3 is 7.68 Å². The molecular weight excluding hydrogens is 103 g/mol. The van der Waals surface area contributed by atoms with Crippen LogP contribution in [0.4, 0.5) is 0 Å².